The Kier molecular flexibility index (Phi) is 3.91. The van der Waals surface area contributed by atoms with E-state index < -0.39 is 0 Å². The first-order chi connectivity index (χ1) is 10.3. The molecule has 0 aliphatic rings. The average Bonchev–Trinajstić information content (AvgIpc) is 2.49. The van der Waals surface area contributed by atoms with Gasteiger partial charge < -0.3 is 4.74 Å². The molecule has 0 atom stereocenters. The fourth-order valence-electron chi connectivity index (χ4n) is 2.43. The normalized spacial score (nSPS) is 10.7. The minimum absolute atomic E-state index is 0.606. The molecule has 1 aromatic heterocycles. The first-order valence-electron chi connectivity index (χ1n) is 7.12. The van der Waals surface area contributed by atoms with E-state index in [2.05, 4.69) is 23.2 Å². The third-order valence-corrected chi connectivity index (χ3v) is 3.40. The lowest BCUT2D eigenvalue weighted by molar-refractivity contribution is 0.325. The Morgan fingerprint density at radius 1 is 1.05 bits per heavy atom. The van der Waals surface area contributed by atoms with E-state index in [1.165, 1.54) is 5.56 Å². The average molecular weight is 273 g/mol. The highest BCUT2D eigenvalue weighted by atomic mass is 16.5. The van der Waals surface area contributed by atoms with Gasteiger partial charge in [0.1, 0.15) is 7.85 Å². The summed E-state index contributed by atoms with van der Waals surface area (Å²) in [4.78, 5) is 4.62. The van der Waals surface area contributed by atoms with Gasteiger partial charge in [-0.25, -0.2) is 4.98 Å². The molecule has 0 unspecified atom stereocenters. The van der Waals surface area contributed by atoms with Gasteiger partial charge in [-0.05, 0) is 24.6 Å². The molecule has 0 amide bonds. The molecule has 0 aliphatic heterocycles. The van der Waals surface area contributed by atoms with Crippen LogP contribution in [-0.2, 0) is 6.42 Å². The van der Waals surface area contributed by atoms with Crippen LogP contribution in [0.25, 0.3) is 10.9 Å². The van der Waals surface area contributed by atoms with Gasteiger partial charge in [0.2, 0.25) is 5.88 Å². The largest absolute Gasteiger partial charge is 0.478 e. The lowest BCUT2D eigenvalue weighted by Crippen LogP contribution is -2.04. The summed E-state index contributed by atoms with van der Waals surface area (Å²) in [6.45, 7) is 2.58. The number of hydrogen-bond donors (Lipinski definition) is 0. The van der Waals surface area contributed by atoms with Gasteiger partial charge in [0.05, 0.1) is 12.1 Å². The van der Waals surface area contributed by atoms with Crippen LogP contribution in [0.4, 0.5) is 0 Å². The van der Waals surface area contributed by atoms with Crippen LogP contribution in [0.15, 0.2) is 54.6 Å². The van der Waals surface area contributed by atoms with Gasteiger partial charge in [-0.2, -0.15) is 0 Å². The molecule has 0 saturated heterocycles. The molecule has 0 fully saturated rings. The molecule has 2 radical (unpaired) electrons. The number of hydrogen-bond acceptors (Lipinski definition) is 2. The SMILES string of the molecule is [B]c1ccc2nc(OCC)c(Cc3ccccc3)cc2c1. The molecule has 0 aliphatic carbocycles. The summed E-state index contributed by atoms with van der Waals surface area (Å²) < 4.78 is 5.71. The monoisotopic (exact) mass is 273 g/mol. The van der Waals surface area contributed by atoms with E-state index in [1.807, 2.05) is 43.3 Å². The molecule has 0 N–H and O–H groups in total. The van der Waals surface area contributed by atoms with Gasteiger partial charge in [0, 0.05) is 17.4 Å². The summed E-state index contributed by atoms with van der Waals surface area (Å²) in [6, 6.07) is 18.2. The van der Waals surface area contributed by atoms with Gasteiger partial charge in [-0.15, -0.1) is 0 Å². The van der Waals surface area contributed by atoms with Crippen LogP contribution in [-0.4, -0.2) is 19.4 Å². The molecular weight excluding hydrogens is 257 g/mol. The highest BCUT2D eigenvalue weighted by Crippen LogP contribution is 2.24. The number of aromatic nitrogens is 1. The van der Waals surface area contributed by atoms with E-state index in [0.717, 1.165) is 28.4 Å². The lowest BCUT2D eigenvalue weighted by Gasteiger charge is -2.11. The van der Waals surface area contributed by atoms with Crippen molar-refractivity contribution in [3.8, 4) is 5.88 Å². The van der Waals surface area contributed by atoms with E-state index in [-0.39, 0.29) is 0 Å². The van der Waals surface area contributed by atoms with Crippen LogP contribution in [0.2, 0.25) is 0 Å². The molecule has 1 heterocycles. The second-order valence-electron chi connectivity index (χ2n) is 5.00. The Balaban J connectivity index is 2.07. The zero-order valence-corrected chi connectivity index (χ0v) is 12.0. The van der Waals surface area contributed by atoms with Crippen molar-refractivity contribution in [1.29, 1.82) is 0 Å². The molecule has 0 bridgehead atoms. The van der Waals surface area contributed by atoms with Crippen molar-refractivity contribution >= 4 is 24.2 Å². The molecule has 2 aromatic carbocycles. The van der Waals surface area contributed by atoms with E-state index in [4.69, 9.17) is 12.6 Å². The van der Waals surface area contributed by atoms with Gasteiger partial charge in [0.15, 0.2) is 0 Å². The minimum atomic E-state index is 0.606. The van der Waals surface area contributed by atoms with Crippen LogP contribution in [0.5, 0.6) is 5.88 Å². The lowest BCUT2D eigenvalue weighted by atomic mass is 9.94. The molecule has 0 saturated carbocycles. The van der Waals surface area contributed by atoms with Crippen molar-refractivity contribution in [2.45, 2.75) is 13.3 Å². The molecule has 3 aromatic rings. The highest BCUT2D eigenvalue weighted by Gasteiger charge is 2.09. The predicted octanol–water partition coefficient (Wildman–Crippen LogP) is 3.02. The van der Waals surface area contributed by atoms with Crippen molar-refractivity contribution in [3.05, 3.63) is 65.7 Å². The summed E-state index contributed by atoms with van der Waals surface area (Å²) in [5, 5.41) is 1.05. The second kappa shape index (κ2) is 6.00. The third-order valence-electron chi connectivity index (χ3n) is 3.40. The number of pyridine rings is 1. The fraction of sp³-hybridized carbons (Fsp3) is 0.167. The summed E-state index contributed by atoms with van der Waals surface area (Å²) in [7, 11) is 5.86. The van der Waals surface area contributed by atoms with Gasteiger partial charge in [-0.3, -0.25) is 0 Å². The molecule has 21 heavy (non-hydrogen) atoms. The Bertz CT molecular complexity index is 756. The molecule has 0 spiro atoms. The van der Waals surface area contributed by atoms with E-state index >= 15 is 0 Å². The van der Waals surface area contributed by atoms with Crippen LogP contribution < -0.4 is 10.2 Å². The van der Waals surface area contributed by atoms with Crippen LogP contribution in [0, 0.1) is 0 Å². The summed E-state index contributed by atoms with van der Waals surface area (Å²) in [5.41, 5.74) is 3.98. The minimum Gasteiger partial charge on any atom is -0.478 e. The van der Waals surface area contributed by atoms with Crippen LogP contribution in [0.3, 0.4) is 0 Å². The molecule has 3 rings (SSSR count). The number of benzene rings is 2. The fourth-order valence-corrected chi connectivity index (χ4v) is 2.43. The number of ether oxygens (including phenoxy) is 1. The maximum atomic E-state index is 5.86. The van der Waals surface area contributed by atoms with E-state index in [0.29, 0.717) is 12.5 Å². The van der Waals surface area contributed by atoms with Crippen molar-refractivity contribution in [3.63, 3.8) is 0 Å². The van der Waals surface area contributed by atoms with Crippen LogP contribution in [0.1, 0.15) is 18.1 Å². The zero-order valence-electron chi connectivity index (χ0n) is 12.0. The number of fused-ring (bicyclic) bond motifs is 1. The topological polar surface area (TPSA) is 22.1 Å². The Morgan fingerprint density at radius 3 is 2.62 bits per heavy atom. The number of rotatable bonds is 4. The maximum absolute atomic E-state index is 5.86. The van der Waals surface area contributed by atoms with Crippen molar-refractivity contribution in [2.75, 3.05) is 6.61 Å². The van der Waals surface area contributed by atoms with Gasteiger partial charge in [-0.1, -0.05) is 47.9 Å². The molecular formula is C18H16BNO. The summed E-state index contributed by atoms with van der Waals surface area (Å²) in [5.74, 6) is 0.707. The molecule has 2 nitrogen and oxygen atoms in total. The van der Waals surface area contributed by atoms with Crippen LogP contribution >= 0.6 is 0 Å². The first kappa shape index (κ1) is 13.7. The molecule has 102 valence electrons. The maximum Gasteiger partial charge on any atom is 0.217 e. The van der Waals surface area contributed by atoms with Crippen molar-refractivity contribution < 1.29 is 4.74 Å². The summed E-state index contributed by atoms with van der Waals surface area (Å²) in [6.07, 6.45) is 0.800. The first-order valence-corrected chi connectivity index (χ1v) is 7.12. The smallest absolute Gasteiger partial charge is 0.217 e. The van der Waals surface area contributed by atoms with E-state index in [1.54, 1.807) is 0 Å². The Hall–Kier alpha value is -2.29. The standard InChI is InChI=1S/C18H16BNO/c1-2-21-18-15(10-13-6-4-3-5-7-13)11-14-12-16(19)8-9-17(14)20-18/h3-9,11-12H,2,10H2,1H3. The van der Waals surface area contributed by atoms with Gasteiger partial charge in [0.25, 0.3) is 0 Å². The van der Waals surface area contributed by atoms with Gasteiger partial charge >= 0.3 is 0 Å². The quantitative estimate of drug-likeness (QED) is 0.682. The number of nitrogens with zero attached hydrogens (tertiary/aromatic N) is 1. The zero-order chi connectivity index (χ0) is 14.7. The second-order valence-corrected chi connectivity index (χ2v) is 5.00. The summed E-state index contributed by atoms with van der Waals surface area (Å²) >= 11 is 0. The molecule has 3 heteroatoms. The third kappa shape index (κ3) is 3.08. The van der Waals surface area contributed by atoms with E-state index in [9.17, 15) is 0 Å². The van der Waals surface area contributed by atoms with Crippen molar-refractivity contribution in [2.24, 2.45) is 0 Å². The van der Waals surface area contributed by atoms with Crippen molar-refractivity contribution in [1.82, 2.24) is 4.98 Å². The Morgan fingerprint density at radius 2 is 1.86 bits per heavy atom. The highest BCUT2D eigenvalue weighted by molar-refractivity contribution is 6.33. The Labute approximate surface area is 126 Å². The predicted molar refractivity (Wildman–Crippen MR) is 87.5 cm³/mol.